The molecule has 1 aliphatic heterocycles. The number of rotatable bonds is 7. The summed E-state index contributed by atoms with van der Waals surface area (Å²) in [4.78, 5) is 28.5. The Morgan fingerprint density at radius 2 is 1.60 bits per heavy atom. The average Bonchev–Trinajstić information content (AvgIpc) is 2.97. The Balaban J connectivity index is 1.77. The van der Waals surface area contributed by atoms with Crippen molar-refractivity contribution in [3.63, 3.8) is 0 Å². The average molecular weight is 548 g/mol. The van der Waals surface area contributed by atoms with E-state index in [2.05, 4.69) is 0 Å². The van der Waals surface area contributed by atoms with Gasteiger partial charge in [-0.3, -0.25) is 9.59 Å². The monoisotopic (exact) mass is 547 g/mol. The Morgan fingerprint density at radius 3 is 2.23 bits per heavy atom. The van der Waals surface area contributed by atoms with Crippen LogP contribution in [0.2, 0.25) is 0 Å². The normalized spacial score (nSPS) is 14.2. The molecule has 1 amide bonds. The summed E-state index contributed by atoms with van der Waals surface area (Å²) in [5, 5.41) is 32.3. The van der Waals surface area contributed by atoms with E-state index in [9.17, 15) is 24.9 Å². The van der Waals surface area contributed by atoms with E-state index in [-0.39, 0.29) is 57.6 Å². The van der Waals surface area contributed by atoms with Crippen LogP contribution in [0.1, 0.15) is 23.5 Å². The Labute approximate surface area is 229 Å². The van der Waals surface area contributed by atoms with Crippen molar-refractivity contribution < 1.29 is 38.7 Å². The van der Waals surface area contributed by atoms with E-state index < -0.39 is 17.1 Å². The lowest BCUT2D eigenvalue weighted by molar-refractivity contribution is -0.135. The van der Waals surface area contributed by atoms with Crippen molar-refractivity contribution in [1.29, 1.82) is 0 Å². The van der Waals surface area contributed by atoms with Crippen LogP contribution in [-0.2, 0) is 9.53 Å². The summed E-state index contributed by atoms with van der Waals surface area (Å²) in [6.45, 7) is 1.62. The van der Waals surface area contributed by atoms with Gasteiger partial charge in [0.15, 0.2) is 16.9 Å². The van der Waals surface area contributed by atoms with E-state index in [1.54, 1.807) is 29.2 Å². The van der Waals surface area contributed by atoms with Gasteiger partial charge < -0.3 is 38.8 Å². The molecule has 40 heavy (non-hydrogen) atoms. The second-order valence-corrected chi connectivity index (χ2v) is 9.40. The summed E-state index contributed by atoms with van der Waals surface area (Å²) in [5.74, 6) is -1.77. The van der Waals surface area contributed by atoms with Gasteiger partial charge in [0.05, 0.1) is 27.4 Å². The Bertz CT molecular complexity index is 1580. The largest absolute Gasteiger partial charge is 0.507 e. The molecule has 1 saturated heterocycles. The number of phenolic OH excluding ortho intramolecular Hbond substituents is 3. The number of hydrogen-bond donors (Lipinski definition) is 3. The van der Waals surface area contributed by atoms with E-state index in [1.165, 1.54) is 32.4 Å². The maximum Gasteiger partial charge on any atom is 0.223 e. The number of nitrogens with zero attached hydrogens (tertiary/aromatic N) is 1. The van der Waals surface area contributed by atoms with E-state index in [1.807, 2.05) is 6.07 Å². The number of amides is 1. The highest BCUT2D eigenvalue weighted by Gasteiger charge is 2.31. The fraction of sp³-hybridized carbons (Fsp3) is 0.267. The van der Waals surface area contributed by atoms with Crippen LogP contribution < -0.4 is 14.9 Å². The molecule has 2 heterocycles. The number of phenols is 3. The first-order chi connectivity index (χ1) is 19.3. The lowest BCUT2D eigenvalue weighted by Crippen LogP contribution is -2.41. The zero-order chi connectivity index (χ0) is 28.4. The molecule has 208 valence electrons. The second-order valence-electron chi connectivity index (χ2n) is 9.40. The zero-order valence-electron chi connectivity index (χ0n) is 22.0. The molecule has 1 unspecified atom stereocenters. The molecule has 3 aromatic carbocycles. The number of ether oxygens (including phenoxy) is 3. The molecule has 3 N–H and O–H groups in total. The van der Waals surface area contributed by atoms with E-state index in [0.717, 1.165) is 6.07 Å². The molecule has 4 aromatic rings. The quantitative estimate of drug-likeness (QED) is 0.314. The smallest absolute Gasteiger partial charge is 0.223 e. The summed E-state index contributed by atoms with van der Waals surface area (Å²) in [6, 6.07) is 14.3. The first-order valence-electron chi connectivity index (χ1n) is 12.7. The molecule has 5 rings (SSSR count). The third-order valence-corrected chi connectivity index (χ3v) is 7.05. The molecule has 1 aliphatic rings. The fourth-order valence-electron chi connectivity index (χ4n) is 5.02. The highest BCUT2D eigenvalue weighted by Crippen LogP contribution is 2.46. The van der Waals surface area contributed by atoms with Crippen LogP contribution in [0.5, 0.6) is 28.7 Å². The van der Waals surface area contributed by atoms with Crippen molar-refractivity contribution in [2.75, 3.05) is 40.5 Å². The molecular formula is C30H29NO9. The number of morpholine rings is 1. The van der Waals surface area contributed by atoms with Crippen molar-refractivity contribution in [2.24, 2.45) is 0 Å². The van der Waals surface area contributed by atoms with Crippen molar-refractivity contribution in [2.45, 2.75) is 12.3 Å². The van der Waals surface area contributed by atoms with Gasteiger partial charge in [-0.05, 0) is 17.7 Å². The first kappa shape index (κ1) is 26.9. The van der Waals surface area contributed by atoms with Gasteiger partial charge in [0.25, 0.3) is 0 Å². The van der Waals surface area contributed by atoms with Crippen LogP contribution in [0.4, 0.5) is 0 Å². The summed E-state index contributed by atoms with van der Waals surface area (Å²) in [7, 11) is 2.76. The topological polar surface area (TPSA) is 139 Å². The highest BCUT2D eigenvalue weighted by atomic mass is 16.5. The molecule has 0 aliphatic carbocycles. The molecule has 1 atom stereocenters. The van der Waals surface area contributed by atoms with Crippen LogP contribution >= 0.6 is 0 Å². The van der Waals surface area contributed by atoms with Crippen LogP contribution in [-0.4, -0.2) is 66.6 Å². The molecule has 1 fully saturated rings. The summed E-state index contributed by atoms with van der Waals surface area (Å²) in [5.41, 5.74) is 0.610. The van der Waals surface area contributed by atoms with Crippen molar-refractivity contribution >= 4 is 16.9 Å². The summed E-state index contributed by atoms with van der Waals surface area (Å²) < 4.78 is 22.3. The van der Waals surface area contributed by atoms with Gasteiger partial charge in [-0.25, -0.2) is 0 Å². The minimum atomic E-state index is -0.893. The Morgan fingerprint density at radius 1 is 0.950 bits per heavy atom. The number of methoxy groups -OCH3 is 2. The molecule has 10 heteroatoms. The lowest BCUT2D eigenvalue weighted by atomic mass is 9.85. The molecule has 0 saturated carbocycles. The number of fused-ring (bicyclic) bond motifs is 1. The van der Waals surface area contributed by atoms with Crippen molar-refractivity contribution in [3.05, 3.63) is 75.9 Å². The van der Waals surface area contributed by atoms with Crippen molar-refractivity contribution in [1.82, 2.24) is 4.90 Å². The molecule has 0 spiro atoms. The van der Waals surface area contributed by atoms with Gasteiger partial charge >= 0.3 is 0 Å². The maximum atomic E-state index is 13.5. The van der Waals surface area contributed by atoms with Crippen LogP contribution in [0.15, 0.2) is 63.8 Å². The lowest BCUT2D eigenvalue weighted by Gasteiger charge is -2.29. The van der Waals surface area contributed by atoms with E-state index in [4.69, 9.17) is 18.6 Å². The van der Waals surface area contributed by atoms with Gasteiger partial charge in [0.1, 0.15) is 28.2 Å². The molecule has 0 bridgehead atoms. The summed E-state index contributed by atoms with van der Waals surface area (Å²) in [6.07, 6.45) is -0.135. The van der Waals surface area contributed by atoms with Gasteiger partial charge in [0.2, 0.25) is 11.7 Å². The number of carbonyl (C=O) groups excluding carboxylic acids is 1. The Kier molecular flexibility index (Phi) is 7.52. The number of aromatic hydroxyl groups is 3. The molecule has 0 radical (unpaired) electrons. The first-order valence-corrected chi connectivity index (χ1v) is 12.7. The minimum absolute atomic E-state index is 0.0605. The van der Waals surface area contributed by atoms with Gasteiger partial charge in [0, 0.05) is 48.7 Å². The van der Waals surface area contributed by atoms with Crippen LogP contribution in [0.3, 0.4) is 0 Å². The van der Waals surface area contributed by atoms with Crippen LogP contribution in [0.25, 0.3) is 22.3 Å². The van der Waals surface area contributed by atoms with Crippen LogP contribution in [0, 0.1) is 0 Å². The predicted molar refractivity (Wildman–Crippen MR) is 146 cm³/mol. The SMILES string of the molecule is COc1cc(C(CC(=O)N2CCOCC2)c2c(O)cc(O)c3c(=O)cc(-c4ccccc4)oc23)cc(OC)c1O. The third kappa shape index (κ3) is 5.01. The van der Waals surface area contributed by atoms with E-state index in [0.29, 0.717) is 37.4 Å². The standard InChI is InChI=1S/C30H29NO9/c1-37-24-12-18(13-25(38-2)29(24)36)19(14-26(35)31-8-10-39-11-9-31)27-20(32)15-21(33)28-22(34)16-23(40-30(27)28)17-6-4-3-5-7-17/h3-7,12-13,15-16,19,32-33,36H,8-11,14H2,1-2H3. The maximum absolute atomic E-state index is 13.5. The number of benzene rings is 3. The molecular weight excluding hydrogens is 518 g/mol. The van der Waals surface area contributed by atoms with E-state index >= 15 is 0 Å². The minimum Gasteiger partial charge on any atom is -0.507 e. The number of carbonyl (C=O) groups is 1. The summed E-state index contributed by atoms with van der Waals surface area (Å²) >= 11 is 0. The molecule has 1 aromatic heterocycles. The molecule has 10 nitrogen and oxygen atoms in total. The van der Waals surface area contributed by atoms with Crippen molar-refractivity contribution in [3.8, 4) is 40.1 Å². The second kappa shape index (κ2) is 11.2. The van der Waals surface area contributed by atoms with Gasteiger partial charge in [-0.1, -0.05) is 30.3 Å². The third-order valence-electron chi connectivity index (χ3n) is 7.05. The van der Waals surface area contributed by atoms with Gasteiger partial charge in [-0.15, -0.1) is 0 Å². The fourth-order valence-corrected chi connectivity index (χ4v) is 5.02. The zero-order valence-corrected chi connectivity index (χ0v) is 22.0. The number of hydrogen-bond acceptors (Lipinski definition) is 9. The Hall–Kier alpha value is -4.70. The highest BCUT2D eigenvalue weighted by molar-refractivity contribution is 5.91. The predicted octanol–water partition coefficient (Wildman–Crippen LogP) is 3.97. The van der Waals surface area contributed by atoms with Gasteiger partial charge in [-0.2, -0.15) is 0 Å².